The van der Waals surface area contributed by atoms with Crippen LogP contribution in [-0.4, -0.2) is 9.97 Å². The number of halogens is 1. The molecule has 0 fully saturated rings. The van der Waals surface area contributed by atoms with E-state index in [1.807, 2.05) is 12.1 Å². The third kappa shape index (κ3) is 1.38. The first-order valence-electron chi connectivity index (χ1n) is 5.21. The highest BCUT2D eigenvalue weighted by Crippen LogP contribution is 2.21. The van der Waals surface area contributed by atoms with Gasteiger partial charge in [0.2, 0.25) is 0 Å². The molecule has 0 spiro atoms. The molecule has 0 saturated heterocycles. The normalized spacial score (nSPS) is 10.7. The summed E-state index contributed by atoms with van der Waals surface area (Å²) in [6.07, 6.45) is 1.39. The first-order chi connectivity index (χ1) is 8.72. The van der Waals surface area contributed by atoms with Crippen LogP contribution in [0.15, 0.2) is 35.3 Å². The average Bonchev–Trinajstić information content (AvgIpc) is 2.39. The number of aromatic amines is 1. The third-order valence-corrected chi connectivity index (χ3v) is 3.11. The van der Waals surface area contributed by atoms with Crippen molar-refractivity contribution in [2.45, 2.75) is 0 Å². The molecule has 1 aromatic carbocycles. The molecule has 5 heteroatoms. The van der Waals surface area contributed by atoms with Gasteiger partial charge in [-0.25, -0.2) is 4.98 Å². The Morgan fingerprint density at radius 2 is 2.06 bits per heavy atom. The van der Waals surface area contributed by atoms with Gasteiger partial charge in [-0.1, -0.05) is 23.7 Å². The minimum absolute atomic E-state index is 0.0935. The van der Waals surface area contributed by atoms with Crippen LogP contribution in [0.5, 0.6) is 0 Å². The first kappa shape index (κ1) is 10.8. The van der Waals surface area contributed by atoms with Crippen molar-refractivity contribution in [3.8, 4) is 6.07 Å². The lowest BCUT2D eigenvalue weighted by Crippen LogP contribution is -2.06. The van der Waals surface area contributed by atoms with Crippen LogP contribution in [0, 0.1) is 11.3 Å². The number of benzene rings is 1. The lowest BCUT2D eigenvalue weighted by atomic mass is 10.1. The van der Waals surface area contributed by atoms with Gasteiger partial charge in [-0.05, 0) is 12.1 Å². The van der Waals surface area contributed by atoms with Gasteiger partial charge in [0.1, 0.15) is 16.8 Å². The molecule has 2 aromatic heterocycles. The number of pyridine rings is 2. The number of rotatable bonds is 0. The van der Waals surface area contributed by atoms with Gasteiger partial charge < -0.3 is 4.98 Å². The summed E-state index contributed by atoms with van der Waals surface area (Å²) in [7, 11) is 0. The number of aromatic nitrogens is 2. The van der Waals surface area contributed by atoms with Crippen molar-refractivity contribution in [1.82, 2.24) is 9.97 Å². The third-order valence-electron chi connectivity index (χ3n) is 2.82. The second-order valence-corrected chi connectivity index (χ2v) is 4.18. The summed E-state index contributed by atoms with van der Waals surface area (Å²) < 4.78 is 0. The smallest absolute Gasteiger partial charge is 0.198 e. The van der Waals surface area contributed by atoms with Gasteiger partial charge in [0.15, 0.2) is 5.43 Å². The molecule has 1 N–H and O–H groups in total. The van der Waals surface area contributed by atoms with Gasteiger partial charge in [0.25, 0.3) is 0 Å². The number of para-hydroxylation sites is 1. The standard InChI is InChI=1S/C13H6ClN3O/c14-13-8(5-15)11-9(6-16-13)12(18)7-3-1-2-4-10(7)17-11/h1-4,6H,(H,17,18). The number of hydrogen-bond acceptors (Lipinski definition) is 3. The van der Waals surface area contributed by atoms with Gasteiger partial charge in [-0.2, -0.15) is 5.26 Å². The summed E-state index contributed by atoms with van der Waals surface area (Å²) in [5.41, 5.74) is 1.15. The van der Waals surface area contributed by atoms with E-state index < -0.39 is 0 Å². The summed E-state index contributed by atoms with van der Waals surface area (Å²) in [4.78, 5) is 19.2. The summed E-state index contributed by atoms with van der Waals surface area (Å²) in [5.74, 6) is 0. The summed E-state index contributed by atoms with van der Waals surface area (Å²) in [5, 5.41) is 10.1. The summed E-state index contributed by atoms with van der Waals surface area (Å²) in [6, 6.07) is 9.09. The average molecular weight is 256 g/mol. The molecule has 0 radical (unpaired) electrons. The monoisotopic (exact) mass is 255 g/mol. The quantitative estimate of drug-likeness (QED) is 0.496. The van der Waals surface area contributed by atoms with Gasteiger partial charge in [-0.15, -0.1) is 0 Å². The Balaban J connectivity index is 2.65. The van der Waals surface area contributed by atoms with Crippen molar-refractivity contribution < 1.29 is 0 Å². The Morgan fingerprint density at radius 1 is 1.28 bits per heavy atom. The van der Waals surface area contributed by atoms with E-state index in [-0.39, 0.29) is 16.1 Å². The van der Waals surface area contributed by atoms with Crippen molar-refractivity contribution in [2.24, 2.45) is 0 Å². The molecule has 0 aliphatic rings. The topological polar surface area (TPSA) is 69.5 Å². The van der Waals surface area contributed by atoms with Gasteiger partial charge in [0.05, 0.1) is 10.9 Å². The minimum Gasteiger partial charge on any atom is -0.353 e. The summed E-state index contributed by atoms with van der Waals surface area (Å²) >= 11 is 5.85. The molecule has 2 heterocycles. The van der Waals surface area contributed by atoms with Crippen LogP contribution in [0.2, 0.25) is 5.15 Å². The maximum absolute atomic E-state index is 12.3. The molecule has 3 aromatic rings. The zero-order chi connectivity index (χ0) is 12.7. The van der Waals surface area contributed by atoms with Crippen molar-refractivity contribution >= 4 is 33.4 Å². The number of nitrogens with zero attached hydrogens (tertiary/aromatic N) is 2. The van der Waals surface area contributed by atoms with Crippen LogP contribution in [-0.2, 0) is 0 Å². The molecule has 3 rings (SSSR count). The minimum atomic E-state index is -0.153. The van der Waals surface area contributed by atoms with Gasteiger partial charge in [-0.3, -0.25) is 4.79 Å². The predicted octanol–water partition coefficient (Wildman–Crippen LogP) is 2.60. The molecule has 18 heavy (non-hydrogen) atoms. The fourth-order valence-corrected chi connectivity index (χ4v) is 2.15. The highest BCUT2D eigenvalue weighted by Gasteiger charge is 2.12. The molecule has 4 nitrogen and oxygen atoms in total. The Kier molecular flexibility index (Phi) is 2.29. The van der Waals surface area contributed by atoms with E-state index in [0.717, 1.165) is 0 Å². The molecule has 0 saturated carbocycles. The second kappa shape index (κ2) is 3.83. The van der Waals surface area contributed by atoms with Crippen molar-refractivity contribution in [3.05, 3.63) is 51.4 Å². The highest BCUT2D eigenvalue weighted by molar-refractivity contribution is 6.31. The predicted molar refractivity (Wildman–Crippen MR) is 69.6 cm³/mol. The van der Waals surface area contributed by atoms with E-state index in [9.17, 15) is 4.79 Å². The molecule has 0 bridgehead atoms. The second-order valence-electron chi connectivity index (χ2n) is 3.82. The van der Waals surface area contributed by atoms with E-state index in [1.54, 1.807) is 18.2 Å². The first-order valence-corrected chi connectivity index (χ1v) is 5.59. The van der Waals surface area contributed by atoms with E-state index in [4.69, 9.17) is 16.9 Å². The number of fused-ring (bicyclic) bond motifs is 2. The van der Waals surface area contributed by atoms with Crippen LogP contribution in [0.3, 0.4) is 0 Å². The zero-order valence-corrected chi connectivity index (χ0v) is 9.82. The van der Waals surface area contributed by atoms with Gasteiger partial charge in [0, 0.05) is 17.1 Å². The molecule has 0 aliphatic heterocycles. The molecule has 0 atom stereocenters. The van der Waals surface area contributed by atoms with Crippen LogP contribution in [0.4, 0.5) is 0 Å². The van der Waals surface area contributed by atoms with Crippen molar-refractivity contribution in [1.29, 1.82) is 5.26 Å². The van der Waals surface area contributed by atoms with Gasteiger partial charge >= 0.3 is 0 Å². The molecule has 0 amide bonds. The Morgan fingerprint density at radius 3 is 2.83 bits per heavy atom. The maximum atomic E-state index is 12.3. The molecular weight excluding hydrogens is 250 g/mol. The van der Waals surface area contributed by atoms with Crippen LogP contribution in [0.25, 0.3) is 21.8 Å². The van der Waals surface area contributed by atoms with Crippen LogP contribution >= 0.6 is 11.6 Å². The van der Waals surface area contributed by atoms with Crippen LogP contribution < -0.4 is 5.43 Å². The fraction of sp³-hybridized carbons (Fsp3) is 0. The van der Waals surface area contributed by atoms with E-state index in [1.165, 1.54) is 6.20 Å². The molecule has 0 aliphatic carbocycles. The Labute approximate surface area is 106 Å². The molecule has 0 unspecified atom stereocenters. The Hall–Kier alpha value is -2.38. The molecular formula is C13H6ClN3O. The van der Waals surface area contributed by atoms with Crippen molar-refractivity contribution in [2.75, 3.05) is 0 Å². The number of H-pyrrole nitrogens is 1. The Bertz CT molecular complexity index is 877. The number of nitrogens with one attached hydrogen (secondary N) is 1. The van der Waals surface area contributed by atoms with E-state index in [2.05, 4.69) is 9.97 Å². The summed E-state index contributed by atoms with van der Waals surface area (Å²) in [6.45, 7) is 0. The zero-order valence-electron chi connectivity index (χ0n) is 9.07. The maximum Gasteiger partial charge on any atom is 0.198 e. The largest absolute Gasteiger partial charge is 0.353 e. The number of hydrogen-bond donors (Lipinski definition) is 1. The van der Waals surface area contributed by atoms with E-state index >= 15 is 0 Å². The van der Waals surface area contributed by atoms with Crippen molar-refractivity contribution in [3.63, 3.8) is 0 Å². The van der Waals surface area contributed by atoms with E-state index in [0.29, 0.717) is 21.8 Å². The fourth-order valence-electron chi connectivity index (χ4n) is 1.96. The molecule has 86 valence electrons. The lowest BCUT2D eigenvalue weighted by molar-refractivity contribution is 1.31. The highest BCUT2D eigenvalue weighted by atomic mass is 35.5. The number of nitriles is 1. The SMILES string of the molecule is N#Cc1c(Cl)ncc2c(=O)c3ccccc3[nH]c12. The van der Waals surface area contributed by atoms with Crippen LogP contribution in [0.1, 0.15) is 5.56 Å². The lowest BCUT2D eigenvalue weighted by Gasteiger charge is -2.04.